The summed E-state index contributed by atoms with van der Waals surface area (Å²) in [5.74, 6) is -1.12. The maximum atomic E-state index is 11.7. The molecule has 0 aliphatic carbocycles. The highest BCUT2D eigenvalue weighted by Gasteiger charge is 2.29. The van der Waals surface area contributed by atoms with Crippen molar-refractivity contribution in [3.63, 3.8) is 0 Å². The third-order valence-electron chi connectivity index (χ3n) is 1.75. The molecule has 0 heterocycles. The fourth-order valence-corrected chi connectivity index (χ4v) is 1.06. The molecule has 0 radical (unpaired) electrons. The second-order valence-electron chi connectivity index (χ2n) is 3.11. The highest BCUT2D eigenvalue weighted by atomic mass is 19.4. The molecule has 0 aromatic heterocycles. The molecule has 0 saturated heterocycles. The minimum atomic E-state index is -4.60. The molecule has 0 fully saturated rings. The average Bonchev–Trinajstić information content (AvgIpc) is 2.27. The standard InChI is InChI=1S/C9H7F3N2O4/c10-9(11,12)5-18-13-8(15)6-3-1-2-4-7(6)14(16)17/h1-4H,5H2,(H,13,15). The van der Waals surface area contributed by atoms with Crippen LogP contribution in [0.3, 0.4) is 0 Å². The number of hydrogen-bond donors (Lipinski definition) is 1. The van der Waals surface area contributed by atoms with E-state index in [1.807, 2.05) is 0 Å². The second kappa shape index (κ2) is 5.45. The van der Waals surface area contributed by atoms with Crippen LogP contribution < -0.4 is 5.48 Å². The fraction of sp³-hybridized carbons (Fsp3) is 0.222. The van der Waals surface area contributed by atoms with E-state index in [2.05, 4.69) is 4.84 Å². The quantitative estimate of drug-likeness (QED) is 0.664. The maximum Gasteiger partial charge on any atom is 0.414 e. The molecule has 1 N–H and O–H groups in total. The predicted octanol–water partition coefficient (Wildman–Crippen LogP) is 1.82. The molecular formula is C9H7F3N2O4. The van der Waals surface area contributed by atoms with Crippen molar-refractivity contribution in [2.24, 2.45) is 0 Å². The molecule has 0 aliphatic heterocycles. The number of amides is 1. The molecule has 98 valence electrons. The minimum absolute atomic E-state index is 0.385. The van der Waals surface area contributed by atoms with E-state index < -0.39 is 29.3 Å². The smallest absolute Gasteiger partial charge is 0.267 e. The van der Waals surface area contributed by atoms with Crippen LogP contribution >= 0.6 is 0 Å². The SMILES string of the molecule is O=C(NOCC(F)(F)F)c1ccccc1[N+](=O)[O-]. The molecule has 1 amide bonds. The van der Waals surface area contributed by atoms with Crippen molar-refractivity contribution in [1.82, 2.24) is 5.48 Å². The number of hydroxylamine groups is 1. The summed E-state index contributed by atoms with van der Waals surface area (Å²) in [6.07, 6.45) is -4.60. The van der Waals surface area contributed by atoms with E-state index in [9.17, 15) is 28.1 Å². The number of carbonyl (C=O) groups is 1. The number of para-hydroxylation sites is 1. The molecule has 0 unspecified atom stereocenters. The largest absolute Gasteiger partial charge is 0.414 e. The van der Waals surface area contributed by atoms with Crippen molar-refractivity contribution >= 4 is 11.6 Å². The number of nitrogens with one attached hydrogen (secondary N) is 1. The van der Waals surface area contributed by atoms with Gasteiger partial charge in [-0.2, -0.15) is 13.2 Å². The molecule has 1 aromatic rings. The number of hydrogen-bond acceptors (Lipinski definition) is 4. The Morgan fingerprint density at radius 2 is 2.00 bits per heavy atom. The number of nitro groups is 1. The van der Waals surface area contributed by atoms with Crippen LogP contribution in [0.2, 0.25) is 0 Å². The lowest BCUT2D eigenvalue weighted by Gasteiger charge is -2.08. The van der Waals surface area contributed by atoms with E-state index in [1.165, 1.54) is 17.6 Å². The predicted molar refractivity (Wildman–Crippen MR) is 52.6 cm³/mol. The second-order valence-corrected chi connectivity index (χ2v) is 3.11. The number of nitrogens with zero attached hydrogens (tertiary/aromatic N) is 1. The van der Waals surface area contributed by atoms with Gasteiger partial charge in [-0.1, -0.05) is 12.1 Å². The Morgan fingerprint density at radius 1 is 1.39 bits per heavy atom. The van der Waals surface area contributed by atoms with Crippen molar-refractivity contribution in [2.75, 3.05) is 6.61 Å². The summed E-state index contributed by atoms with van der Waals surface area (Å²) in [6, 6.07) is 4.82. The lowest BCUT2D eigenvalue weighted by molar-refractivity contribution is -0.385. The molecule has 6 nitrogen and oxygen atoms in total. The lowest BCUT2D eigenvalue weighted by atomic mass is 10.2. The van der Waals surface area contributed by atoms with E-state index in [0.29, 0.717) is 0 Å². The summed E-state index contributed by atoms with van der Waals surface area (Å²) < 4.78 is 35.2. The third-order valence-corrected chi connectivity index (χ3v) is 1.75. The van der Waals surface area contributed by atoms with E-state index >= 15 is 0 Å². The molecule has 1 rings (SSSR count). The Kier molecular flexibility index (Phi) is 4.21. The molecule has 0 aliphatic rings. The van der Waals surface area contributed by atoms with Gasteiger partial charge in [-0.05, 0) is 6.07 Å². The van der Waals surface area contributed by atoms with Crippen molar-refractivity contribution in [3.05, 3.63) is 39.9 Å². The number of carbonyl (C=O) groups excluding carboxylic acids is 1. The van der Waals surface area contributed by atoms with Crippen LogP contribution in [0.1, 0.15) is 10.4 Å². The highest BCUT2D eigenvalue weighted by molar-refractivity contribution is 5.97. The highest BCUT2D eigenvalue weighted by Crippen LogP contribution is 2.18. The van der Waals surface area contributed by atoms with E-state index in [0.717, 1.165) is 12.1 Å². The maximum absolute atomic E-state index is 11.7. The Bertz CT molecular complexity index is 461. The van der Waals surface area contributed by atoms with Crippen molar-refractivity contribution in [1.29, 1.82) is 0 Å². The Hall–Kier alpha value is -2.16. The molecule has 0 atom stereocenters. The van der Waals surface area contributed by atoms with Crippen LogP contribution in [0.15, 0.2) is 24.3 Å². The summed E-state index contributed by atoms with van der Waals surface area (Å²) in [5, 5.41) is 10.6. The number of benzene rings is 1. The number of alkyl halides is 3. The van der Waals surface area contributed by atoms with Gasteiger partial charge >= 0.3 is 6.18 Å². The van der Waals surface area contributed by atoms with E-state index in [4.69, 9.17) is 0 Å². The minimum Gasteiger partial charge on any atom is -0.267 e. The molecular weight excluding hydrogens is 257 g/mol. The van der Waals surface area contributed by atoms with Crippen LogP contribution in [0.25, 0.3) is 0 Å². The van der Waals surface area contributed by atoms with Gasteiger partial charge in [0.15, 0.2) is 6.61 Å². The summed E-state index contributed by atoms with van der Waals surface area (Å²) >= 11 is 0. The van der Waals surface area contributed by atoms with Crippen LogP contribution in [0, 0.1) is 10.1 Å². The average molecular weight is 264 g/mol. The Balaban J connectivity index is 2.70. The van der Waals surface area contributed by atoms with E-state index in [1.54, 1.807) is 0 Å². The van der Waals surface area contributed by atoms with Gasteiger partial charge in [0.25, 0.3) is 11.6 Å². The molecule has 0 bridgehead atoms. The first-order chi connectivity index (χ1) is 8.31. The zero-order valence-electron chi connectivity index (χ0n) is 8.73. The fourth-order valence-electron chi connectivity index (χ4n) is 1.06. The number of nitro benzene ring substituents is 1. The van der Waals surface area contributed by atoms with Crippen LogP contribution in [-0.2, 0) is 4.84 Å². The topological polar surface area (TPSA) is 81.5 Å². The molecule has 0 saturated carbocycles. The first kappa shape index (κ1) is 13.9. The summed E-state index contributed by atoms with van der Waals surface area (Å²) in [4.78, 5) is 25.0. The van der Waals surface area contributed by atoms with Crippen molar-refractivity contribution in [3.8, 4) is 0 Å². The van der Waals surface area contributed by atoms with Gasteiger partial charge in [-0.15, -0.1) is 0 Å². The zero-order valence-corrected chi connectivity index (χ0v) is 8.73. The summed E-state index contributed by atoms with van der Waals surface area (Å²) in [5.41, 5.74) is 0.580. The van der Waals surface area contributed by atoms with Gasteiger partial charge in [0, 0.05) is 6.07 Å². The summed E-state index contributed by atoms with van der Waals surface area (Å²) in [6.45, 7) is -1.68. The van der Waals surface area contributed by atoms with Crippen molar-refractivity contribution < 1.29 is 27.7 Å². The molecule has 9 heteroatoms. The van der Waals surface area contributed by atoms with Crippen LogP contribution in [0.4, 0.5) is 18.9 Å². The van der Waals surface area contributed by atoms with Gasteiger partial charge in [0.1, 0.15) is 5.56 Å². The number of rotatable bonds is 4. The van der Waals surface area contributed by atoms with E-state index in [-0.39, 0.29) is 5.56 Å². The Morgan fingerprint density at radius 3 is 2.56 bits per heavy atom. The molecule has 1 aromatic carbocycles. The molecule has 18 heavy (non-hydrogen) atoms. The summed E-state index contributed by atoms with van der Waals surface area (Å²) in [7, 11) is 0. The third kappa shape index (κ3) is 4.01. The van der Waals surface area contributed by atoms with Crippen LogP contribution in [0.5, 0.6) is 0 Å². The first-order valence-electron chi connectivity index (χ1n) is 4.53. The van der Waals surface area contributed by atoms with Gasteiger partial charge in [-0.3, -0.25) is 19.7 Å². The monoisotopic (exact) mass is 264 g/mol. The van der Waals surface area contributed by atoms with Crippen molar-refractivity contribution in [2.45, 2.75) is 6.18 Å². The van der Waals surface area contributed by atoms with Gasteiger partial charge in [-0.25, -0.2) is 5.48 Å². The van der Waals surface area contributed by atoms with Gasteiger partial charge < -0.3 is 0 Å². The molecule has 0 spiro atoms. The number of halogens is 3. The Labute approximate surface area is 98.5 Å². The lowest BCUT2D eigenvalue weighted by Crippen LogP contribution is -2.29. The first-order valence-corrected chi connectivity index (χ1v) is 4.53. The zero-order chi connectivity index (χ0) is 13.8. The normalized spacial score (nSPS) is 11.1. The van der Waals surface area contributed by atoms with Gasteiger partial charge in [0.2, 0.25) is 0 Å². The van der Waals surface area contributed by atoms with Crippen LogP contribution in [-0.4, -0.2) is 23.6 Å². The van der Waals surface area contributed by atoms with Gasteiger partial charge in [0.05, 0.1) is 4.92 Å².